The number of anilines is 1. The van der Waals surface area contributed by atoms with Crippen LogP contribution in [-0.2, 0) is 16.6 Å². The van der Waals surface area contributed by atoms with Gasteiger partial charge in [0.25, 0.3) is 10.0 Å². The molecule has 0 radical (unpaired) electrons. The Bertz CT molecular complexity index is 1070. The summed E-state index contributed by atoms with van der Waals surface area (Å²) in [5, 5.41) is 0.480. The molecule has 29 heavy (non-hydrogen) atoms. The van der Waals surface area contributed by atoms with Gasteiger partial charge in [-0.05, 0) is 50.6 Å². The highest BCUT2D eigenvalue weighted by Gasteiger charge is 2.29. The van der Waals surface area contributed by atoms with Gasteiger partial charge in [0.15, 0.2) is 0 Å². The molecule has 0 heterocycles. The van der Waals surface area contributed by atoms with E-state index in [1.165, 1.54) is 4.31 Å². The van der Waals surface area contributed by atoms with Gasteiger partial charge in [0, 0.05) is 17.1 Å². The van der Waals surface area contributed by atoms with Crippen LogP contribution in [0.25, 0.3) is 0 Å². The second-order valence-electron chi connectivity index (χ2n) is 7.09. The minimum Gasteiger partial charge on any atom is -0.487 e. The minimum atomic E-state index is -3.77. The molecule has 0 saturated carbocycles. The van der Waals surface area contributed by atoms with Gasteiger partial charge in [-0.25, -0.2) is 8.42 Å². The van der Waals surface area contributed by atoms with Crippen LogP contribution in [-0.4, -0.2) is 14.5 Å². The van der Waals surface area contributed by atoms with Crippen molar-refractivity contribution in [1.29, 1.82) is 0 Å². The van der Waals surface area contributed by atoms with Crippen molar-refractivity contribution in [2.45, 2.75) is 38.3 Å². The van der Waals surface area contributed by atoms with Crippen LogP contribution in [0.1, 0.15) is 25.0 Å². The first kappa shape index (κ1) is 21.2. The zero-order valence-electron chi connectivity index (χ0n) is 16.7. The van der Waals surface area contributed by atoms with Crippen LogP contribution < -0.4 is 9.04 Å². The number of nitrogens with zero attached hydrogens (tertiary/aromatic N) is 1. The van der Waals surface area contributed by atoms with Crippen LogP contribution in [0.5, 0.6) is 5.75 Å². The lowest BCUT2D eigenvalue weighted by Crippen LogP contribution is -2.37. The van der Waals surface area contributed by atoms with Gasteiger partial charge in [0.05, 0.1) is 10.6 Å². The third-order valence-corrected chi connectivity index (χ3v) is 6.68. The Morgan fingerprint density at radius 2 is 1.62 bits per heavy atom. The monoisotopic (exact) mass is 429 g/mol. The lowest BCUT2D eigenvalue weighted by atomic mass is 10.2. The zero-order valence-corrected chi connectivity index (χ0v) is 18.2. The summed E-state index contributed by atoms with van der Waals surface area (Å²) in [6.07, 6.45) is 0. The van der Waals surface area contributed by atoms with Gasteiger partial charge in [-0.3, -0.25) is 4.31 Å². The van der Waals surface area contributed by atoms with E-state index < -0.39 is 10.0 Å². The number of benzene rings is 3. The van der Waals surface area contributed by atoms with Gasteiger partial charge < -0.3 is 4.74 Å². The first-order valence-electron chi connectivity index (χ1n) is 9.36. The first-order chi connectivity index (χ1) is 13.8. The molecule has 0 unspecified atom stereocenters. The van der Waals surface area contributed by atoms with Gasteiger partial charge in [-0.2, -0.15) is 0 Å². The molecule has 0 amide bonds. The third kappa shape index (κ3) is 4.92. The Morgan fingerprint density at radius 1 is 0.966 bits per heavy atom. The SMILES string of the molecule is Cc1ccc(COc2cc(Cl)ccc2N(C(C)C)S(=O)(=O)c2ccccc2)cc1. The van der Waals surface area contributed by atoms with Crippen molar-refractivity contribution in [2.75, 3.05) is 4.31 Å². The standard InChI is InChI=1S/C23H24ClNO3S/c1-17(2)25(29(26,27)21-7-5-4-6-8-21)22-14-13-20(24)15-23(22)28-16-19-11-9-18(3)10-12-19/h4-15,17H,16H2,1-3H3. The van der Waals surface area contributed by atoms with E-state index in [0.29, 0.717) is 23.1 Å². The lowest BCUT2D eigenvalue weighted by molar-refractivity contribution is 0.307. The Hall–Kier alpha value is -2.50. The van der Waals surface area contributed by atoms with Gasteiger partial charge in [-0.15, -0.1) is 0 Å². The maximum absolute atomic E-state index is 13.4. The maximum atomic E-state index is 13.4. The van der Waals surface area contributed by atoms with Crippen LogP contribution in [0.2, 0.25) is 5.02 Å². The summed E-state index contributed by atoms with van der Waals surface area (Å²) in [7, 11) is -3.77. The topological polar surface area (TPSA) is 46.6 Å². The Kier molecular flexibility index (Phi) is 6.50. The highest BCUT2D eigenvalue weighted by atomic mass is 35.5. The normalized spacial score (nSPS) is 11.5. The number of hydrogen-bond donors (Lipinski definition) is 0. The molecule has 3 aromatic rings. The summed E-state index contributed by atoms with van der Waals surface area (Å²) in [6, 6.07) is 21.1. The molecule has 6 heteroatoms. The third-order valence-electron chi connectivity index (χ3n) is 4.44. The minimum absolute atomic E-state index is 0.230. The van der Waals surface area contributed by atoms with Crippen molar-refractivity contribution in [1.82, 2.24) is 0 Å². The number of hydrogen-bond acceptors (Lipinski definition) is 3. The molecule has 0 bridgehead atoms. The zero-order chi connectivity index (χ0) is 21.0. The molecule has 0 saturated heterocycles. The Labute approximate surface area is 177 Å². The molecule has 0 N–H and O–H groups in total. The molecule has 0 aliphatic heterocycles. The first-order valence-corrected chi connectivity index (χ1v) is 11.2. The second kappa shape index (κ2) is 8.89. The number of halogens is 1. The van der Waals surface area contributed by atoms with E-state index in [9.17, 15) is 8.42 Å². The van der Waals surface area contributed by atoms with E-state index in [1.54, 1.807) is 48.5 Å². The van der Waals surface area contributed by atoms with Crippen LogP contribution in [0, 0.1) is 6.92 Å². The summed E-state index contributed by atoms with van der Waals surface area (Å²) in [4.78, 5) is 0.230. The van der Waals surface area contributed by atoms with Gasteiger partial charge in [0.1, 0.15) is 12.4 Å². The summed E-state index contributed by atoms with van der Waals surface area (Å²) in [5.74, 6) is 0.422. The fourth-order valence-corrected chi connectivity index (χ4v) is 4.88. The molecule has 0 fully saturated rings. The van der Waals surface area contributed by atoms with E-state index in [0.717, 1.165) is 11.1 Å². The Balaban J connectivity index is 2.00. The van der Waals surface area contributed by atoms with Gasteiger partial charge in [0.2, 0.25) is 0 Å². The summed E-state index contributed by atoms with van der Waals surface area (Å²) in [5.41, 5.74) is 2.61. The average Bonchev–Trinajstić information content (AvgIpc) is 2.69. The summed E-state index contributed by atoms with van der Waals surface area (Å²) >= 11 is 6.19. The van der Waals surface area contributed by atoms with Gasteiger partial charge in [-0.1, -0.05) is 59.6 Å². The maximum Gasteiger partial charge on any atom is 0.264 e. The van der Waals surface area contributed by atoms with Crippen molar-refractivity contribution in [3.05, 3.63) is 88.9 Å². The molecule has 0 aromatic heterocycles. The van der Waals surface area contributed by atoms with Crippen LogP contribution in [0.3, 0.4) is 0 Å². The molecule has 0 aliphatic rings. The molecular weight excluding hydrogens is 406 g/mol. The molecule has 0 spiro atoms. The van der Waals surface area contributed by atoms with E-state index in [1.807, 2.05) is 45.0 Å². The van der Waals surface area contributed by atoms with Crippen LogP contribution in [0.4, 0.5) is 5.69 Å². The molecule has 3 rings (SSSR count). The fraction of sp³-hybridized carbons (Fsp3) is 0.217. The summed E-state index contributed by atoms with van der Waals surface area (Å²) < 4.78 is 34.1. The van der Waals surface area contributed by atoms with Crippen molar-refractivity contribution >= 4 is 27.3 Å². The molecule has 0 aliphatic carbocycles. The summed E-state index contributed by atoms with van der Waals surface area (Å²) in [6.45, 7) is 6.00. The highest BCUT2D eigenvalue weighted by molar-refractivity contribution is 7.92. The van der Waals surface area contributed by atoms with Crippen molar-refractivity contribution < 1.29 is 13.2 Å². The predicted octanol–water partition coefficient (Wildman–Crippen LogP) is 5.83. The van der Waals surface area contributed by atoms with Crippen LogP contribution in [0.15, 0.2) is 77.7 Å². The number of rotatable bonds is 7. The van der Waals surface area contributed by atoms with E-state index in [-0.39, 0.29) is 10.9 Å². The van der Waals surface area contributed by atoms with E-state index >= 15 is 0 Å². The average molecular weight is 430 g/mol. The van der Waals surface area contributed by atoms with Gasteiger partial charge >= 0.3 is 0 Å². The molecule has 3 aromatic carbocycles. The smallest absolute Gasteiger partial charge is 0.264 e. The fourth-order valence-electron chi connectivity index (χ4n) is 3.02. The predicted molar refractivity (Wildman–Crippen MR) is 118 cm³/mol. The molecule has 0 atom stereocenters. The lowest BCUT2D eigenvalue weighted by Gasteiger charge is -2.30. The van der Waals surface area contributed by atoms with Crippen molar-refractivity contribution in [3.8, 4) is 5.75 Å². The number of sulfonamides is 1. The number of ether oxygens (including phenoxy) is 1. The van der Waals surface area contributed by atoms with E-state index in [4.69, 9.17) is 16.3 Å². The molecular formula is C23H24ClNO3S. The van der Waals surface area contributed by atoms with Crippen LogP contribution >= 0.6 is 11.6 Å². The Morgan fingerprint density at radius 3 is 2.24 bits per heavy atom. The highest BCUT2D eigenvalue weighted by Crippen LogP contribution is 2.36. The second-order valence-corrected chi connectivity index (χ2v) is 9.35. The van der Waals surface area contributed by atoms with Crippen molar-refractivity contribution in [3.63, 3.8) is 0 Å². The van der Waals surface area contributed by atoms with Crippen molar-refractivity contribution in [2.24, 2.45) is 0 Å². The number of aryl methyl sites for hydroxylation is 1. The molecule has 4 nitrogen and oxygen atoms in total. The van der Waals surface area contributed by atoms with E-state index in [2.05, 4.69) is 0 Å². The quantitative estimate of drug-likeness (QED) is 0.474. The molecule has 152 valence electrons. The largest absolute Gasteiger partial charge is 0.487 e.